The van der Waals surface area contributed by atoms with Crippen molar-refractivity contribution in [2.45, 2.75) is 18.2 Å². The van der Waals surface area contributed by atoms with Crippen molar-refractivity contribution >= 4 is 33.2 Å². The Labute approximate surface area is 187 Å². The average molecular weight is 459 g/mol. The molecule has 0 aromatic heterocycles. The van der Waals surface area contributed by atoms with Crippen LogP contribution in [0.25, 0.3) is 0 Å². The number of amides is 1. The molecular weight excluding hydrogens is 436 g/mol. The van der Waals surface area contributed by atoms with Gasteiger partial charge in [0.2, 0.25) is 10.0 Å². The lowest BCUT2D eigenvalue weighted by Crippen LogP contribution is -2.27. The summed E-state index contributed by atoms with van der Waals surface area (Å²) in [6, 6.07) is 19.0. The fourth-order valence-corrected chi connectivity index (χ4v) is 4.40. The second-order valence-corrected chi connectivity index (χ2v) is 9.08. The van der Waals surface area contributed by atoms with Crippen molar-refractivity contribution in [1.82, 2.24) is 4.72 Å². The molecule has 0 aliphatic heterocycles. The Morgan fingerprint density at radius 2 is 1.77 bits per heavy atom. The first-order valence-corrected chi connectivity index (χ1v) is 11.5. The lowest BCUT2D eigenvalue weighted by atomic mass is 10.1. The summed E-state index contributed by atoms with van der Waals surface area (Å²) in [5, 5.41) is 3.26. The maximum atomic E-state index is 12.9. The SMILES string of the molecule is COc1ccc(C(=O)Nc2cc(Cl)ccc2C)cc1S(=O)(=O)NCCc1ccccc1. The molecular formula is C23H23ClN2O4S. The molecule has 0 unspecified atom stereocenters. The van der Waals surface area contributed by atoms with E-state index in [1.807, 2.05) is 37.3 Å². The number of sulfonamides is 1. The third kappa shape index (κ3) is 5.85. The number of nitrogens with one attached hydrogen (secondary N) is 2. The number of aryl methyl sites for hydroxylation is 1. The van der Waals surface area contributed by atoms with E-state index in [1.165, 1.54) is 25.3 Å². The van der Waals surface area contributed by atoms with Crippen LogP contribution >= 0.6 is 11.6 Å². The van der Waals surface area contributed by atoms with Crippen molar-refractivity contribution in [2.24, 2.45) is 0 Å². The molecule has 3 rings (SSSR count). The van der Waals surface area contributed by atoms with E-state index in [2.05, 4.69) is 10.0 Å². The fraction of sp³-hybridized carbons (Fsp3) is 0.174. The first-order valence-electron chi connectivity index (χ1n) is 9.59. The zero-order chi connectivity index (χ0) is 22.4. The number of methoxy groups -OCH3 is 1. The van der Waals surface area contributed by atoms with Gasteiger partial charge in [-0.05, 0) is 54.8 Å². The van der Waals surface area contributed by atoms with Gasteiger partial charge in [0.15, 0.2) is 0 Å². The van der Waals surface area contributed by atoms with Crippen molar-refractivity contribution in [3.63, 3.8) is 0 Å². The zero-order valence-electron chi connectivity index (χ0n) is 17.2. The van der Waals surface area contributed by atoms with E-state index in [0.717, 1.165) is 11.1 Å². The molecule has 3 aromatic carbocycles. The van der Waals surface area contributed by atoms with Crippen LogP contribution in [0.15, 0.2) is 71.6 Å². The Balaban J connectivity index is 1.80. The molecule has 2 N–H and O–H groups in total. The monoisotopic (exact) mass is 458 g/mol. The summed E-state index contributed by atoms with van der Waals surface area (Å²) in [6.45, 7) is 2.06. The van der Waals surface area contributed by atoms with Crippen LogP contribution in [0.5, 0.6) is 5.75 Å². The summed E-state index contributed by atoms with van der Waals surface area (Å²) < 4.78 is 33.6. The minimum atomic E-state index is -3.89. The highest BCUT2D eigenvalue weighted by Gasteiger charge is 2.21. The zero-order valence-corrected chi connectivity index (χ0v) is 18.8. The minimum absolute atomic E-state index is 0.0986. The number of anilines is 1. The van der Waals surface area contributed by atoms with Crippen molar-refractivity contribution < 1.29 is 17.9 Å². The predicted octanol–water partition coefficient (Wildman–Crippen LogP) is 4.43. The highest BCUT2D eigenvalue weighted by Crippen LogP contribution is 2.26. The van der Waals surface area contributed by atoms with Crippen LogP contribution in [-0.4, -0.2) is 28.0 Å². The lowest BCUT2D eigenvalue weighted by Gasteiger charge is -2.13. The van der Waals surface area contributed by atoms with E-state index < -0.39 is 15.9 Å². The van der Waals surface area contributed by atoms with Gasteiger partial charge in [0.25, 0.3) is 5.91 Å². The van der Waals surface area contributed by atoms with E-state index >= 15 is 0 Å². The third-order valence-corrected chi connectivity index (χ3v) is 6.43. The van der Waals surface area contributed by atoms with Crippen LogP contribution in [0, 0.1) is 6.92 Å². The average Bonchev–Trinajstić information content (AvgIpc) is 2.76. The summed E-state index contributed by atoms with van der Waals surface area (Å²) in [5.74, 6) is -0.295. The Morgan fingerprint density at radius 3 is 2.48 bits per heavy atom. The fourth-order valence-electron chi connectivity index (χ4n) is 3.00. The number of benzene rings is 3. The van der Waals surface area contributed by atoms with Crippen LogP contribution in [0.1, 0.15) is 21.5 Å². The van der Waals surface area contributed by atoms with Gasteiger partial charge in [-0.15, -0.1) is 0 Å². The molecule has 0 radical (unpaired) electrons. The molecule has 0 spiro atoms. The smallest absolute Gasteiger partial charge is 0.255 e. The van der Waals surface area contributed by atoms with Gasteiger partial charge < -0.3 is 10.1 Å². The molecule has 0 aliphatic rings. The molecule has 0 atom stereocenters. The minimum Gasteiger partial charge on any atom is -0.495 e. The highest BCUT2D eigenvalue weighted by molar-refractivity contribution is 7.89. The molecule has 0 heterocycles. The molecule has 0 fully saturated rings. The van der Waals surface area contributed by atoms with Gasteiger partial charge in [-0.25, -0.2) is 13.1 Å². The van der Waals surface area contributed by atoms with Gasteiger partial charge in [-0.2, -0.15) is 0 Å². The maximum absolute atomic E-state index is 12.9. The third-order valence-electron chi connectivity index (χ3n) is 4.71. The van der Waals surface area contributed by atoms with Crippen molar-refractivity contribution in [3.05, 3.63) is 88.4 Å². The van der Waals surface area contributed by atoms with E-state index in [4.69, 9.17) is 16.3 Å². The van der Waals surface area contributed by atoms with Crippen LogP contribution < -0.4 is 14.8 Å². The summed E-state index contributed by atoms with van der Waals surface area (Å²) in [4.78, 5) is 12.6. The van der Waals surface area contributed by atoms with E-state index in [9.17, 15) is 13.2 Å². The molecule has 6 nitrogen and oxygen atoms in total. The van der Waals surface area contributed by atoms with E-state index in [-0.39, 0.29) is 22.8 Å². The van der Waals surface area contributed by atoms with Gasteiger partial charge in [-0.3, -0.25) is 4.79 Å². The van der Waals surface area contributed by atoms with Gasteiger partial charge in [0.05, 0.1) is 7.11 Å². The Bertz CT molecular complexity index is 1180. The second kappa shape index (κ2) is 9.96. The lowest BCUT2D eigenvalue weighted by molar-refractivity contribution is 0.102. The van der Waals surface area contributed by atoms with Crippen LogP contribution in [-0.2, 0) is 16.4 Å². The maximum Gasteiger partial charge on any atom is 0.255 e. The number of halogens is 1. The Morgan fingerprint density at radius 1 is 1.03 bits per heavy atom. The Kier molecular flexibility index (Phi) is 7.33. The molecule has 3 aromatic rings. The quantitative estimate of drug-likeness (QED) is 0.523. The first kappa shape index (κ1) is 22.8. The largest absolute Gasteiger partial charge is 0.495 e. The van der Waals surface area contributed by atoms with Gasteiger partial charge in [0.1, 0.15) is 10.6 Å². The highest BCUT2D eigenvalue weighted by atomic mass is 35.5. The van der Waals surface area contributed by atoms with Crippen LogP contribution in [0.4, 0.5) is 5.69 Å². The number of carbonyl (C=O) groups excluding carboxylic acids is 1. The van der Waals surface area contributed by atoms with E-state index in [0.29, 0.717) is 17.1 Å². The molecule has 0 saturated carbocycles. The number of hydrogen-bond donors (Lipinski definition) is 2. The predicted molar refractivity (Wildman–Crippen MR) is 122 cm³/mol. The van der Waals surface area contributed by atoms with Crippen molar-refractivity contribution in [2.75, 3.05) is 19.0 Å². The number of rotatable bonds is 8. The molecule has 31 heavy (non-hydrogen) atoms. The Hall–Kier alpha value is -2.87. The second-order valence-electron chi connectivity index (χ2n) is 6.91. The van der Waals surface area contributed by atoms with Gasteiger partial charge >= 0.3 is 0 Å². The normalized spacial score (nSPS) is 11.2. The van der Waals surface area contributed by atoms with Crippen molar-refractivity contribution in [1.29, 1.82) is 0 Å². The summed E-state index contributed by atoms with van der Waals surface area (Å²) in [7, 11) is -2.51. The molecule has 0 aliphatic carbocycles. The number of ether oxygens (including phenoxy) is 1. The van der Waals surface area contributed by atoms with E-state index in [1.54, 1.807) is 18.2 Å². The first-order chi connectivity index (χ1) is 14.8. The van der Waals surface area contributed by atoms with Gasteiger partial charge in [0, 0.05) is 22.8 Å². The van der Waals surface area contributed by atoms with Crippen LogP contribution in [0.2, 0.25) is 5.02 Å². The van der Waals surface area contributed by atoms with Crippen LogP contribution in [0.3, 0.4) is 0 Å². The summed E-state index contributed by atoms with van der Waals surface area (Å²) >= 11 is 6.01. The molecule has 162 valence electrons. The van der Waals surface area contributed by atoms with Gasteiger partial charge in [-0.1, -0.05) is 48.0 Å². The standard InChI is InChI=1S/C23H23ClN2O4S/c1-16-8-10-19(24)15-20(16)26-23(27)18-9-11-21(30-2)22(14-18)31(28,29)25-13-12-17-6-4-3-5-7-17/h3-11,14-15,25H,12-13H2,1-2H3,(H,26,27). The molecule has 8 heteroatoms. The summed E-state index contributed by atoms with van der Waals surface area (Å²) in [5.41, 5.74) is 2.59. The molecule has 0 saturated heterocycles. The van der Waals surface area contributed by atoms with Crippen molar-refractivity contribution in [3.8, 4) is 5.75 Å². The number of hydrogen-bond acceptors (Lipinski definition) is 4. The topological polar surface area (TPSA) is 84.5 Å². The number of carbonyl (C=O) groups is 1. The summed E-state index contributed by atoms with van der Waals surface area (Å²) in [6.07, 6.45) is 0.538. The molecule has 0 bridgehead atoms. The molecule has 1 amide bonds.